The largest absolute Gasteiger partial charge is 0.382 e. The van der Waals surface area contributed by atoms with E-state index in [-0.39, 0.29) is 0 Å². The van der Waals surface area contributed by atoms with E-state index in [0.29, 0.717) is 13.2 Å². The normalized spacial score (nSPS) is 11.3. The first-order valence-corrected chi connectivity index (χ1v) is 7.73. The molecule has 1 aromatic carbocycles. The van der Waals surface area contributed by atoms with Gasteiger partial charge in [-0.05, 0) is 25.5 Å². The quantitative estimate of drug-likeness (QED) is 0.662. The Bertz CT molecular complexity index is 542. The van der Waals surface area contributed by atoms with E-state index in [9.17, 15) is 0 Å². The summed E-state index contributed by atoms with van der Waals surface area (Å²) in [5, 5.41) is 5.32. The third kappa shape index (κ3) is 5.00. The number of fused-ring (bicyclic) bond motifs is 1. The smallest absolute Gasteiger partial charge is 0.0705 e. The van der Waals surface area contributed by atoms with Gasteiger partial charge in [-0.1, -0.05) is 29.8 Å². The Morgan fingerprint density at radius 2 is 2.00 bits per heavy atom. The molecule has 2 aromatic rings. The molecule has 2 rings (SSSR count). The molecule has 0 spiro atoms. The molecule has 2 N–H and O–H groups in total. The number of unbranched alkanes of at least 4 members (excludes halogenated alkanes) is 1. The second-order valence-electron chi connectivity index (χ2n) is 4.95. The molecule has 0 saturated carbocycles. The first-order valence-electron chi connectivity index (χ1n) is 7.35. The van der Waals surface area contributed by atoms with Crippen LogP contribution in [-0.4, -0.2) is 38.5 Å². The van der Waals surface area contributed by atoms with Crippen LogP contribution in [0.15, 0.2) is 24.3 Å². The van der Waals surface area contributed by atoms with Crippen molar-refractivity contribution in [1.29, 1.82) is 0 Å². The molecule has 0 atom stereocenters. The number of aromatic nitrogens is 1. The van der Waals surface area contributed by atoms with Crippen LogP contribution >= 0.6 is 11.6 Å². The van der Waals surface area contributed by atoms with Crippen LogP contribution in [0.3, 0.4) is 0 Å². The zero-order chi connectivity index (χ0) is 14.9. The number of hydrogen-bond donors (Lipinski definition) is 2. The highest BCUT2D eigenvalue weighted by atomic mass is 35.5. The van der Waals surface area contributed by atoms with Gasteiger partial charge in [-0.15, -0.1) is 0 Å². The highest BCUT2D eigenvalue weighted by Gasteiger charge is 2.07. The molecule has 5 heteroatoms. The number of hydrogen-bond acceptors (Lipinski definition) is 3. The minimum Gasteiger partial charge on any atom is -0.382 e. The number of halogens is 1. The number of rotatable bonds is 10. The first kappa shape index (κ1) is 16.3. The number of para-hydroxylation sites is 1. The van der Waals surface area contributed by atoms with Gasteiger partial charge in [-0.2, -0.15) is 0 Å². The molecule has 0 radical (unpaired) electrons. The summed E-state index contributed by atoms with van der Waals surface area (Å²) in [5.74, 6) is 0. The van der Waals surface area contributed by atoms with Crippen molar-refractivity contribution in [2.24, 2.45) is 0 Å². The molecule has 1 aromatic heterocycles. The Hall–Kier alpha value is -1.07. The van der Waals surface area contributed by atoms with Gasteiger partial charge in [-0.3, -0.25) is 0 Å². The predicted octanol–water partition coefficient (Wildman–Crippen LogP) is 3.35. The Balaban J connectivity index is 1.63. The molecule has 21 heavy (non-hydrogen) atoms. The van der Waals surface area contributed by atoms with E-state index in [1.54, 1.807) is 7.11 Å². The molecule has 0 amide bonds. The van der Waals surface area contributed by atoms with Crippen LogP contribution in [0.25, 0.3) is 10.9 Å². The topological polar surface area (TPSA) is 46.3 Å². The number of methoxy groups -OCH3 is 1. The van der Waals surface area contributed by atoms with Gasteiger partial charge in [-0.25, -0.2) is 0 Å². The lowest BCUT2D eigenvalue weighted by Crippen LogP contribution is -2.16. The van der Waals surface area contributed by atoms with Crippen LogP contribution in [0.4, 0.5) is 0 Å². The van der Waals surface area contributed by atoms with Gasteiger partial charge in [0, 0.05) is 36.9 Å². The highest BCUT2D eigenvalue weighted by Crippen LogP contribution is 2.26. The van der Waals surface area contributed by atoms with Gasteiger partial charge in [0.15, 0.2) is 0 Å². The Labute approximate surface area is 130 Å². The summed E-state index contributed by atoms with van der Waals surface area (Å²) in [6.45, 7) is 3.85. The summed E-state index contributed by atoms with van der Waals surface area (Å²) in [7, 11) is 1.68. The summed E-state index contributed by atoms with van der Waals surface area (Å²) >= 11 is 6.37. The minimum absolute atomic E-state index is 0.664. The van der Waals surface area contributed by atoms with Crippen LogP contribution in [0, 0.1) is 0 Å². The minimum atomic E-state index is 0.664. The van der Waals surface area contributed by atoms with Crippen molar-refractivity contribution in [3.05, 3.63) is 35.0 Å². The number of nitrogens with one attached hydrogen (secondary N) is 2. The van der Waals surface area contributed by atoms with Crippen molar-refractivity contribution in [2.75, 3.05) is 33.5 Å². The maximum absolute atomic E-state index is 6.37. The fourth-order valence-corrected chi connectivity index (χ4v) is 2.48. The molecular formula is C16H23ClN2O2. The van der Waals surface area contributed by atoms with E-state index in [0.717, 1.165) is 54.2 Å². The van der Waals surface area contributed by atoms with E-state index >= 15 is 0 Å². The summed E-state index contributed by atoms with van der Waals surface area (Å²) in [6.07, 6.45) is 2.14. The maximum atomic E-state index is 6.37. The average molecular weight is 311 g/mol. The average Bonchev–Trinajstić information content (AvgIpc) is 2.83. The second kappa shape index (κ2) is 9.05. The molecule has 0 aliphatic rings. The predicted molar refractivity (Wildman–Crippen MR) is 86.9 cm³/mol. The molecule has 116 valence electrons. The highest BCUT2D eigenvalue weighted by molar-refractivity contribution is 6.36. The standard InChI is InChI=1S/C16H23ClN2O2/c1-20-10-11-21-9-5-4-8-18-12-15-16(17)13-6-2-3-7-14(13)19-15/h2-3,6-7,18-19H,4-5,8-12H2,1H3. The van der Waals surface area contributed by atoms with Crippen molar-refractivity contribution in [2.45, 2.75) is 19.4 Å². The van der Waals surface area contributed by atoms with Gasteiger partial charge < -0.3 is 19.8 Å². The summed E-state index contributed by atoms with van der Waals surface area (Å²) < 4.78 is 10.3. The third-order valence-electron chi connectivity index (χ3n) is 3.34. The Morgan fingerprint density at radius 1 is 1.14 bits per heavy atom. The Morgan fingerprint density at radius 3 is 2.81 bits per heavy atom. The Kier molecular flexibility index (Phi) is 7.03. The van der Waals surface area contributed by atoms with Crippen LogP contribution in [0.1, 0.15) is 18.5 Å². The molecule has 4 nitrogen and oxygen atoms in total. The van der Waals surface area contributed by atoms with Crippen LogP contribution in [-0.2, 0) is 16.0 Å². The fraction of sp³-hybridized carbons (Fsp3) is 0.500. The number of ether oxygens (including phenoxy) is 2. The molecule has 0 aliphatic carbocycles. The van der Waals surface area contributed by atoms with E-state index < -0.39 is 0 Å². The van der Waals surface area contributed by atoms with Crippen molar-refractivity contribution in [1.82, 2.24) is 10.3 Å². The lowest BCUT2D eigenvalue weighted by atomic mass is 10.2. The molecule has 1 heterocycles. The first-order chi connectivity index (χ1) is 10.3. The molecule has 0 bridgehead atoms. The molecule has 0 unspecified atom stereocenters. The van der Waals surface area contributed by atoms with E-state index in [2.05, 4.69) is 10.3 Å². The van der Waals surface area contributed by atoms with Gasteiger partial charge in [0.25, 0.3) is 0 Å². The third-order valence-corrected chi connectivity index (χ3v) is 3.77. The number of benzene rings is 1. The van der Waals surface area contributed by atoms with Crippen LogP contribution in [0.2, 0.25) is 5.02 Å². The van der Waals surface area contributed by atoms with Crippen molar-refractivity contribution in [3.63, 3.8) is 0 Å². The molecule has 0 fully saturated rings. The fourth-order valence-electron chi connectivity index (χ4n) is 2.20. The lowest BCUT2D eigenvalue weighted by molar-refractivity contribution is 0.0688. The van der Waals surface area contributed by atoms with Crippen molar-refractivity contribution in [3.8, 4) is 0 Å². The van der Waals surface area contributed by atoms with Gasteiger partial charge in [0.1, 0.15) is 0 Å². The second-order valence-corrected chi connectivity index (χ2v) is 5.33. The van der Waals surface area contributed by atoms with Gasteiger partial charge in [0.05, 0.1) is 18.2 Å². The van der Waals surface area contributed by atoms with Crippen molar-refractivity contribution < 1.29 is 9.47 Å². The number of aromatic amines is 1. The maximum Gasteiger partial charge on any atom is 0.0705 e. The summed E-state index contributed by atoms with van der Waals surface area (Å²) in [5.41, 5.74) is 2.14. The number of H-pyrrole nitrogens is 1. The van der Waals surface area contributed by atoms with E-state index in [1.807, 2.05) is 24.3 Å². The van der Waals surface area contributed by atoms with E-state index in [1.165, 1.54) is 0 Å². The zero-order valence-corrected chi connectivity index (χ0v) is 13.2. The monoisotopic (exact) mass is 310 g/mol. The lowest BCUT2D eigenvalue weighted by Gasteiger charge is -2.05. The SMILES string of the molecule is COCCOCCCCNCc1[nH]c2ccccc2c1Cl. The summed E-state index contributed by atoms with van der Waals surface area (Å²) in [4.78, 5) is 3.36. The zero-order valence-electron chi connectivity index (χ0n) is 12.5. The van der Waals surface area contributed by atoms with Crippen molar-refractivity contribution >= 4 is 22.5 Å². The van der Waals surface area contributed by atoms with E-state index in [4.69, 9.17) is 21.1 Å². The molecule has 0 saturated heterocycles. The van der Waals surface area contributed by atoms with Crippen LogP contribution in [0.5, 0.6) is 0 Å². The van der Waals surface area contributed by atoms with Crippen LogP contribution < -0.4 is 5.32 Å². The summed E-state index contributed by atoms with van der Waals surface area (Å²) in [6, 6.07) is 8.09. The van der Waals surface area contributed by atoms with Gasteiger partial charge >= 0.3 is 0 Å². The van der Waals surface area contributed by atoms with Gasteiger partial charge in [0.2, 0.25) is 0 Å². The molecular weight excluding hydrogens is 288 g/mol. The molecule has 0 aliphatic heterocycles.